The SMILES string of the molecule is Cc1ccc(Cl)c(OC(C)C(=O)NCC(C(=O)O)C2CCOCC2)c1. The number of halogens is 1. The predicted molar refractivity (Wildman–Crippen MR) is 94.0 cm³/mol. The van der Waals surface area contributed by atoms with Gasteiger partial charge < -0.3 is 19.9 Å². The lowest BCUT2D eigenvalue weighted by atomic mass is 9.86. The van der Waals surface area contributed by atoms with Crippen molar-refractivity contribution >= 4 is 23.5 Å². The minimum Gasteiger partial charge on any atom is -0.481 e. The molecule has 2 unspecified atom stereocenters. The molecule has 1 aromatic carbocycles. The topological polar surface area (TPSA) is 84.9 Å². The molecule has 2 rings (SSSR count). The third-order valence-corrected chi connectivity index (χ3v) is 4.72. The Kier molecular flexibility index (Phi) is 7.08. The van der Waals surface area contributed by atoms with Crippen molar-refractivity contribution in [2.24, 2.45) is 11.8 Å². The lowest BCUT2D eigenvalue weighted by molar-refractivity contribution is -0.145. The Morgan fingerprint density at radius 3 is 2.72 bits per heavy atom. The van der Waals surface area contributed by atoms with Crippen LogP contribution in [0.15, 0.2) is 18.2 Å². The molecule has 1 amide bonds. The summed E-state index contributed by atoms with van der Waals surface area (Å²) in [6.07, 6.45) is 0.610. The smallest absolute Gasteiger partial charge is 0.308 e. The van der Waals surface area contributed by atoms with Gasteiger partial charge >= 0.3 is 5.97 Å². The molecule has 7 heteroatoms. The summed E-state index contributed by atoms with van der Waals surface area (Å²) in [4.78, 5) is 23.8. The fraction of sp³-hybridized carbons (Fsp3) is 0.556. The number of hydrogen-bond donors (Lipinski definition) is 2. The van der Waals surface area contributed by atoms with Crippen molar-refractivity contribution in [1.82, 2.24) is 5.32 Å². The average molecular weight is 370 g/mol. The van der Waals surface area contributed by atoms with E-state index in [4.69, 9.17) is 21.1 Å². The fourth-order valence-electron chi connectivity index (χ4n) is 2.87. The molecule has 0 bridgehead atoms. The molecule has 1 aromatic rings. The summed E-state index contributed by atoms with van der Waals surface area (Å²) in [7, 11) is 0. The zero-order chi connectivity index (χ0) is 18.4. The van der Waals surface area contributed by atoms with Crippen LogP contribution in [0.25, 0.3) is 0 Å². The van der Waals surface area contributed by atoms with Crippen LogP contribution in [0, 0.1) is 18.8 Å². The molecule has 2 N–H and O–H groups in total. The summed E-state index contributed by atoms with van der Waals surface area (Å²) < 4.78 is 10.9. The highest BCUT2D eigenvalue weighted by molar-refractivity contribution is 6.32. The minimum absolute atomic E-state index is 0.00833. The lowest BCUT2D eigenvalue weighted by Gasteiger charge is -2.28. The standard InChI is InChI=1S/C18H24ClNO5/c1-11-3-4-15(19)16(9-11)25-12(2)17(21)20-10-14(18(22)23)13-5-7-24-8-6-13/h3-4,9,12-14H,5-8,10H2,1-2H3,(H,20,21)(H,22,23). The Hall–Kier alpha value is -1.79. The van der Waals surface area contributed by atoms with Gasteiger partial charge in [0.15, 0.2) is 6.10 Å². The van der Waals surface area contributed by atoms with E-state index in [9.17, 15) is 14.7 Å². The van der Waals surface area contributed by atoms with E-state index in [1.807, 2.05) is 13.0 Å². The van der Waals surface area contributed by atoms with Crippen molar-refractivity contribution in [3.63, 3.8) is 0 Å². The maximum atomic E-state index is 12.3. The summed E-state index contributed by atoms with van der Waals surface area (Å²) >= 11 is 6.07. The number of aryl methyl sites for hydroxylation is 1. The number of rotatable bonds is 7. The molecule has 138 valence electrons. The number of aliphatic carboxylic acids is 1. The van der Waals surface area contributed by atoms with E-state index >= 15 is 0 Å². The molecule has 1 saturated heterocycles. The Bertz CT molecular complexity index is 615. The summed E-state index contributed by atoms with van der Waals surface area (Å²) in [5, 5.41) is 12.6. The molecule has 1 aliphatic heterocycles. The molecule has 0 aliphatic carbocycles. The van der Waals surface area contributed by atoms with Gasteiger partial charge in [-0.25, -0.2) is 0 Å². The molecular weight excluding hydrogens is 346 g/mol. The quantitative estimate of drug-likeness (QED) is 0.771. The average Bonchev–Trinajstić information content (AvgIpc) is 2.58. The van der Waals surface area contributed by atoms with E-state index < -0.39 is 18.0 Å². The number of benzene rings is 1. The molecular formula is C18H24ClNO5. The Morgan fingerprint density at radius 2 is 2.08 bits per heavy atom. The lowest BCUT2D eigenvalue weighted by Crippen LogP contribution is -2.43. The molecule has 1 heterocycles. The fourth-order valence-corrected chi connectivity index (χ4v) is 3.04. The van der Waals surface area contributed by atoms with Crippen LogP contribution in [0.5, 0.6) is 5.75 Å². The molecule has 0 radical (unpaired) electrons. The first-order valence-corrected chi connectivity index (χ1v) is 8.77. The highest BCUT2D eigenvalue weighted by atomic mass is 35.5. The second-order valence-electron chi connectivity index (χ2n) is 6.33. The summed E-state index contributed by atoms with van der Waals surface area (Å²) in [5.41, 5.74) is 0.970. The van der Waals surface area contributed by atoms with Crippen molar-refractivity contribution in [2.45, 2.75) is 32.8 Å². The second kappa shape index (κ2) is 9.06. The van der Waals surface area contributed by atoms with Crippen LogP contribution in [0.3, 0.4) is 0 Å². The summed E-state index contributed by atoms with van der Waals surface area (Å²) in [6.45, 7) is 4.72. The van der Waals surface area contributed by atoms with Gasteiger partial charge in [0.1, 0.15) is 5.75 Å². The van der Waals surface area contributed by atoms with Crippen LogP contribution in [0.2, 0.25) is 5.02 Å². The molecule has 0 aromatic heterocycles. The van der Waals surface area contributed by atoms with Crippen molar-refractivity contribution in [3.05, 3.63) is 28.8 Å². The van der Waals surface area contributed by atoms with Crippen LogP contribution in [-0.4, -0.2) is 42.8 Å². The highest BCUT2D eigenvalue weighted by Crippen LogP contribution is 2.26. The second-order valence-corrected chi connectivity index (χ2v) is 6.74. The third kappa shape index (κ3) is 5.61. The number of ether oxygens (including phenoxy) is 2. The normalized spacial score (nSPS) is 17.6. The van der Waals surface area contributed by atoms with E-state index in [0.29, 0.717) is 36.8 Å². The molecule has 0 spiro atoms. The number of nitrogens with one attached hydrogen (secondary N) is 1. The first-order valence-electron chi connectivity index (χ1n) is 8.39. The zero-order valence-corrected chi connectivity index (χ0v) is 15.2. The van der Waals surface area contributed by atoms with Crippen molar-refractivity contribution in [2.75, 3.05) is 19.8 Å². The number of carboxylic acid groups (broad SMARTS) is 1. The third-order valence-electron chi connectivity index (χ3n) is 4.41. The number of hydrogen-bond acceptors (Lipinski definition) is 4. The van der Waals surface area contributed by atoms with Crippen LogP contribution >= 0.6 is 11.6 Å². The Morgan fingerprint density at radius 1 is 1.40 bits per heavy atom. The molecule has 2 atom stereocenters. The number of carbonyl (C=O) groups is 2. The van der Waals surface area contributed by atoms with Gasteiger partial charge in [0.25, 0.3) is 5.91 Å². The maximum Gasteiger partial charge on any atom is 0.308 e. The van der Waals surface area contributed by atoms with Gasteiger partial charge in [0, 0.05) is 19.8 Å². The first-order chi connectivity index (χ1) is 11.9. The van der Waals surface area contributed by atoms with Crippen LogP contribution in [0.1, 0.15) is 25.3 Å². The van der Waals surface area contributed by atoms with E-state index in [1.165, 1.54) is 0 Å². The van der Waals surface area contributed by atoms with Gasteiger partial charge in [-0.15, -0.1) is 0 Å². The van der Waals surface area contributed by atoms with Gasteiger partial charge in [0.2, 0.25) is 0 Å². The number of amides is 1. The van der Waals surface area contributed by atoms with Gasteiger partial charge in [-0.1, -0.05) is 17.7 Å². The van der Waals surface area contributed by atoms with Gasteiger partial charge in [-0.2, -0.15) is 0 Å². The van der Waals surface area contributed by atoms with E-state index in [1.54, 1.807) is 19.1 Å². The van der Waals surface area contributed by atoms with Crippen LogP contribution in [0.4, 0.5) is 0 Å². The van der Waals surface area contributed by atoms with Crippen molar-refractivity contribution in [3.8, 4) is 5.75 Å². The molecule has 6 nitrogen and oxygen atoms in total. The van der Waals surface area contributed by atoms with Gasteiger partial charge in [0.05, 0.1) is 10.9 Å². The van der Waals surface area contributed by atoms with Crippen LogP contribution < -0.4 is 10.1 Å². The van der Waals surface area contributed by atoms with Crippen molar-refractivity contribution < 1.29 is 24.2 Å². The summed E-state index contributed by atoms with van der Waals surface area (Å²) in [5.74, 6) is -1.45. The number of carboxylic acids is 1. The molecule has 1 fully saturated rings. The first kappa shape index (κ1) is 19.5. The van der Waals surface area contributed by atoms with E-state index in [2.05, 4.69) is 5.32 Å². The molecule has 0 saturated carbocycles. The predicted octanol–water partition coefficient (Wildman–Crippen LogP) is 2.66. The van der Waals surface area contributed by atoms with Gasteiger partial charge in [-0.05, 0) is 50.3 Å². The monoisotopic (exact) mass is 369 g/mol. The highest BCUT2D eigenvalue weighted by Gasteiger charge is 2.30. The van der Waals surface area contributed by atoms with Gasteiger partial charge in [-0.3, -0.25) is 9.59 Å². The largest absolute Gasteiger partial charge is 0.481 e. The van der Waals surface area contributed by atoms with Crippen LogP contribution in [-0.2, 0) is 14.3 Å². The molecule has 25 heavy (non-hydrogen) atoms. The Balaban J connectivity index is 1.90. The van der Waals surface area contributed by atoms with E-state index in [0.717, 1.165) is 5.56 Å². The summed E-state index contributed by atoms with van der Waals surface area (Å²) in [6, 6.07) is 5.32. The zero-order valence-electron chi connectivity index (χ0n) is 14.5. The minimum atomic E-state index is -0.900. The molecule has 1 aliphatic rings. The van der Waals surface area contributed by atoms with E-state index in [-0.39, 0.29) is 18.4 Å². The maximum absolute atomic E-state index is 12.3. The number of carbonyl (C=O) groups excluding carboxylic acids is 1. The van der Waals surface area contributed by atoms with Crippen molar-refractivity contribution in [1.29, 1.82) is 0 Å². The Labute approximate surface area is 152 Å².